The molecule has 49 heavy (non-hydrogen) atoms. The SMILES string of the molecule is CCCCOc1ccc(N2C(=O)CC(Sc3ccc(NC(=O)/C(=C/c4ccc(OC)cc4OC)NC(=O)c4ccccc4)cc3)C2=O)cc1. The summed E-state index contributed by atoms with van der Waals surface area (Å²) < 4.78 is 16.5. The van der Waals surface area contributed by atoms with Crippen molar-refractivity contribution < 1.29 is 33.4 Å². The van der Waals surface area contributed by atoms with Gasteiger partial charge in [0, 0.05) is 34.2 Å². The number of anilines is 2. The molecule has 10 nitrogen and oxygen atoms in total. The molecular weight excluding hydrogens is 642 g/mol. The molecule has 0 bridgehead atoms. The van der Waals surface area contributed by atoms with Gasteiger partial charge >= 0.3 is 0 Å². The predicted molar refractivity (Wildman–Crippen MR) is 190 cm³/mol. The summed E-state index contributed by atoms with van der Waals surface area (Å²) in [7, 11) is 3.04. The van der Waals surface area contributed by atoms with Crippen molar-refractivity contribution in [2.24, 2.45) is 0 Å². The Bertz CT molecular complexity index is 1830. The number of carbonyl (C=O) groups is 4. The lowest BCUT2D eigenvalue weighted by Gasteiger charge is -2.16. The fourth-order valence-corrected chi connectivity index (χ4v) is 6.06. The van der Waals surface area contributed by atoms with Crippen LogP contribution in [0.3, 0.4) is 0 Å². The van der Waals surface area contributed by atoms with Crippen LogP contribution >= 0.6 is 11.8 Å². The molecule has 0 spiro atoms. The first-order valence-electron chi connectivity index (χ1n) is 15.8. The number of amides is 4. The molecule has 1 aliphatic rings. The molecule has 0 aliphatic carbocycles. The number of nitrogens with zero attached hydrogens (tertiary/aromatic N) is 1. The highest BCUT2D eigenvalue weighted by Gasteiger charge is 2.40. The van der Waals surface area contributed by atoms with Crippen molar-refractivity contribution in [3.8, 4) is 17.2 Å². The molecule has 252 valence electrons. The van der Waals surface area contributed by atoms with E-state index < -0.39 is 17.1 Å². The van der Waals surface area contributed by atoms with Crippen LogP contribution in [0.5, 0.6) is 17.2 Å². The Kier molecular flexibility index (Phi) is 11.7. The summed E-state index contributed by atoms with van der Waals surface area (Å²) in [6, 6.07) is 27.6. The van der Waals surface area contributed by atoms with Gasteiger partial charge in [-0.1, -0.05) is 31.5 Å². The van der Waals surface area contributed by atoms with Crippen LogP contribution in [0.2, 0.25) is 0 Å². The van der Waals surface area contributed by atoms with E-state index in [4.69, 9.17) is 14.2 Å². The molecule has 1 atom stereocenters. The Labute approximate surface area is 289 Å². The number of carbonyl (C=O) groups excluding carboxylic acids is 4. The number of benzene rings is 4. The van der Waals surface area contributed by atoms with Crippen LogP contribution in [0.1, 0.15) is 42.1 Å². The van der Waals surface area contributed by atoms with Crippen LogP contribution in [0.25, 0.3) is 6.08 Å². The van der Waals surface area contributed by atoms with Gasteiger partial charge in [-0.15, -0.1) is 11.8 Å². The molecule has 0 saturated carbocycles. The number of hydrogen-bond donors (Lipinski definition) is 2. The van der Waals surface area contributed by atoms with E-state index >= 15 is 0 Å². The van der Waals surface area contributed by atoms with E-state index in [9.17, 15) is 19.2 Å². The summed E-state index contributed by atoms with van der Waals surface area (Å²) in [5, 5.41) is 4.96. The Hall–Kier alpha value is -5.55. The van der Waals surface area contributed by atoms with Gasteiger partial charge in [0.2, 0.25) is 11.8 Å². The van der Waals surface area contributed by atoms with Gasteiger partial charge < -0.3 is 24.8 Å². The van der Waals surface area contributed by atoms with Crippen molar-refractivity contribution in [2.45, 2.75) is 36.3 Å². The first-order chi connectivity index (χ1) is 23.8. The van der Waals surface area contributed by atoms with Crippen molar-refractivity contribution in [1.82, 2.24) is 5.32 Å². The minimum absolute atomic E-state index is 0.00789. The van der Waals surface area contributed by atoms with Gasteiger partial charge in [-0.05, 0) is 85.3 Å². The zero-order chi connectivity index (χ0) is 34.8. The average Bonchev–Trinajstić information content (AvgIpc) is 3.40. The molecule has 1 aliphatic heterocycles. The lowest BCUT2D eigenvalue weighted by molar-refractivity contribution is -0.121. The van der Waals surface area contributed by atoms with Gasteiger partial charge in [0.1, 0.15) is 22.9 Å². The lowest BCUT2D eigenvalue weighted by Crippen LogP contribution is -2.31. The van der Waals surface area contributed by atoms with Crippen molar-refractivity contribution in [3.05, 3.63) is 114 Å². The summed E-state index contributed by atoms with van der Waals surface area (Å²) in [6.45, 7) is 2.70. The maximum absolute atomic E-state index is 13.5. The fourth-order valence-electron chi connectivity index (χ4n) is 5.01. The molecule has 4 amide bonds. The third-order valence-corrected chi connectivity index (χ3v) is 8.82. The second kappa shape index (κ2) is 16.5. The maximum atomic E-state index is 13.5. The smallest absolute Gasteiger partial charge is 0.272 e. The molecule has 1 saturated heterocycles. The number of imide groups is 1. The van der Waals surface area contributed by atoms with Crippen molar-refractivity contribution in [1.29, 1.82) is 0 Å². The van der Waals surface area contributed by atoms with Crippen LogP contribution < -0.4 is 29.7 Å². The number of rotatable bonds is 14. The number of hydrogen-bond acceptors (Lipinski definition) is 8. The first kappa shape index (κ1) is 34.8. The van der Waals surface area contributed by atoms with Gasteiger partial charge in [0.25, 0.3) is 11.8 Å². The second-order valence-electron chi connectivity index (χ2n) is 11.0. The van der Waals surface area contributed by atoms with E-state index in [1.165, 1.54) is 37.0 Å². The normalized spacial score (nSPS) is 14.4. The second-order valence-corrected chi connectivity index (χ2v) is 12.3. The molecule has 1 heterocycles. The number of methoxy groups -OCH3 is 2. The molecule has 0 aromatic heterocycles. The molecule has 1 fully saturated rings. The average molecular weight is 680 g/mol. The van der Waals surface area contributed by atoms with Gasteiger partial charge in [-0.3, -0.25) is 19.2 Å². The van der Waals surface area contributed by atoms with Crippen molar-refractivity contribution in [3.63, 3.8) is 0 Å². The molecule has 4 aromatic carbocycles. The molecule has 1 unspecified atom stereocenters. The quantitative estimate of drug-likeness (QED) is 0.0856. The number of nitrogens with one attached hydrogen (secondary N) is 2. The monoisotopic (exact) mass is 679 g/mol. The summed E-state index contributed by atoms with van der Waals surface area (Å²) >= 11 is 1.29. The number of unbranched alkanes of at least 4 members (excludes halogenated alkanes) is 1. The molecule has 5 rings (SSSR count). The van der Waals surface area contributed by atoms with Crippen LogP contribution in [0.4, 0.5) is 11.4 Å². The third-order valence-electron chi connectivity index (χ3n) is 7.63. The number of thioether (sulfide) groups is 1. The van der Waals surface area contributed by atoms with E-state index in [0.717, 1.165) is 17.7 Å². The maximum Gasteiger partial charge on any atom is 0.272 e. The highest BCUT2D eigenvalue weighted by molar-refractivity contribution is 8.00. The molecule has 2 N–H and O–H groups in total. The van der Waals surface area contributed by atoms with Crippen LogP contribution in [-0.4, -0.2) is 49.7 Å². The van der Waals surface area contributed by atoms with Crippen LogP contribution in [-0.2, 0) is 14.4 Å². The van der Waals surface area contributed by atoms with Gasteiger partial charge in [-0.25, -0.2) is 4.90 Å². The van der Waals surface area contributed by atoms with Crippen LogP contribution in [0.15, 0.2) is 108 Å². The van der Waals surface area contributed by atoms with E-state index in [1.54, 1.807) is 97.1 Å². The zero-order valence-electron chi connectivity index (χ0n) is 27.4. The zero-order valence-corrected chi connectivity index (χ0v) is 28.3. The fraction of sp³-hybridized carbons (Fsp3) is 0.211. The van der Waals surface area contributed by atoms with Crippen molar-refractivity contribution >= 4 is 52.8 Å². The molecule has 4 aromatic rings. The Balaban J connectivity index is 1.27. The minimum atomic E-state index is -0.587. The van der Waals surface area contributed by atoms with E-state index in [2.05, 4.69) is 17.6 Å². The standard InChI is InChI=1S/C38H37N3O7S/c1-4-5-21-48-29-17-14-28(15-18-29)41-35(42)24-34(38(41)45)49-31-19-12-27(13-20-31)39-37(44)32(40-36(43)25-9-7-6-8-10-25)22-26-11-16-30(46-2)23-33(26)47-3/h6-20,22-23,34H,4-5,21,24H2,1-3H3,(H,39,44)(H,40,43)/b32-22-. The summed E-state index contributed by atoms with van der Waals surface area (Å²) in [5.74, 6) is 0.146. The topological polar surface area (TPSA) is 123 Å². The molecule has 11 heteroatoms. The first-order valence-corrected chi connectivity index (χ1v) is 16.7. The Morgan fingerprint density at radius 3 is 2.29 bits per heavy atom. The molecular formula is C38H37N3O7S. The highest BCUT2D eigenvalue weighted by atomic mass is 32.2. The van der Waals surface area contributed by atoms with Crippen LogP contribution in [0, 0.1) is 0 Å². The minimum Gasteiger partial charge on any atom is -0.497 e. The van der Waals surface area contributed by atoms with Gasteiger partial charge in [0.15, 0.2) is 0 Å². The van der Waals surface area contributed by atoms with E-state index in [1.807, 2.05) is 0 Å². The molecule has 0 radical (unpaired) electrons. The highest BCUT2D eigenvalue weighted by Crippen LogP contribution is 2.35. The van der Waals surface area contributed by atoms with Crippen molar-refractivity contribution in [2.75, 3.05) is 31.0 Å². The van der Waals surface area contributed by atoms with Gasteiger partial charge in [-0.2, -0.15) is 0 Å². The summed E-state index contributed by atoms with van der Waals surface area (Å²) in [6.07, 6.45) is 3.57. The Morgan fingerprint density at radius 2 is 1.61 bits per heavy atom. The predicted octanol–water partition coefficient (Wildman–Crippen LogP) is 6.72. The summed E-state index contributed by atoms with van der Waals surface area (Å²) in [5.41, 5.74) is 1.90. The number of ether oxygens (including phenoxy) is 3. The van der Waals surface area contributed by atoms with E-state index in [-0.39, 0.29) is 23.9 Å². The largest absolute Gasteiger partial charge is 0.497 e. The Morgan fingerprint density at radius 1 is 0.898 bits per heavy atom. The lowest BCUT2D eigenvalue weighted by atomic mass is 10.1. The van der Waals surface area contributed by atoms with E-state index in [0.29, 0.717) is 46.4 Å². The summed E-state index contributed by atoms with van der Waals surface area (Å²) in [4.78, 5) is 54.7. The van der Waals surface area contributed by atoms with Gasteiger partial charge in [0.05, 0.1) is 31.8 Å². The third kappa shape index (κ3) is 8.88.